The molecule has 4 heteroatoms. The van der Waals surface area contributed by atoms with Crippen molar-refractivity contribution in [2.45, 2.75) is 70.7 Å². The highest BCUT2D eigenvalue weighted by molar-refractivity contribution is 5.89. The summed E-state index contributed by atoms with van der Waals surface area (Å²) in [5.74, 6) is 0.150. The second kappa shape index (κ2) is 3.56. The van der Waals surface area contributed by atoms with Gasteiger partial charge in [0.15, 0.2) is 11.4 Å². The highest BCUT2D eigenvalue weighted by Gasteiger charge is 2.68. The number of rotatable bonds is 0. The Hall–Kier alpha value is -0.450. The molecule has 0 aromatic carbocycles. The van der Waals surface area contributed by atoms with Crippen molar-refractivity contribution in [3.05, 3.63) is 0 Å². The molecule has 0 amide bonds. The minimum Gasteiger partial charge on any atom is -0.390 e. The first-order valence-electron chi connectivity index (χ1n) is 6.88. The summed E-state index contributed by atoms with van der Waals surface area (Å²) in [6, 6.07) is 0. The maximum atomic E-state index is 12.3. The molecule has 4 nitrogen and oxygen atoms in total. The average Bonchev–Trinajstić information content (AvgIpc) is 2.33. The van der Waals surface area contributed by atoms with E-state index in [1.54, 1.807) is 0 Å². The number of aliphatic hydroxyl groups is 1. The number of fused-ring (bicyclic) bond motifs is 1. The summed E-state index contributed by atoms with van der Waals surface area (Å²) >= 11 is 0. The van der Waals surface area contributed by atoms with Gasteiger partial charge in [0.1, 0.15) is 6.10 Å². The van der Waals surface area contributed by atoms with Crippen LogP contribution in [0.5, 0.6) is 0 Å². The molecule has 2 aliphatic carbocycles. The molecule has 3 aliphatic rings. The molecule has 1 aliphatic heterocycles. The molecule has 18 heavy (non-hydrogen) atoms. The van der Waals surface area contributed by atoms with Crippen LogP contribution in [-0.4, -0.2) is 28.7 Å². The molecule has 0 aromatic heterocycles. The Morgan fingerprint density at radius 2 is 2.00 bits per heavy atom. The van der Waals surface area contributed by atoms with E-state index in [0.29, 0.717) is 12.8 Å². The minimum absolute atomic E-state index is 0.0395. The fourth-order valence-electron chi connectivity index (χ4n) is 4.41. The number of hydrogen-bond donors (Lipinski definition) is 1. The summed E-state index contributed by atoms with van der Waals surface area (Å²) in [6.07, 6.45) is 2.97. The maximum absolute atomic E-state index is 12.3. The second-order valence-corrected chi connectivity index (χ2v) is 6.95. The molecule has 0 radical (unpaired) electrons. The number of ketones is 1. The third kappa shape index (κ3) is 1.29. The molecule has 1 spiro atoms. The summed E-state index contributed by atoms with van der Waals surface area (Å²) < 4.78 is 0. The zero-order chi connectivity index (χ0) is 13.2. The third-order valence-electron chi connectivity index (χ3n) is 5.90. The molecular formula is C14H22O4. The molecule has 2 saturated carbocycles. The number of aliphatic hydroxyl groups excluding tert-OH is 1. The first-order valence-corrected chi connectivity index (χ1v) is 6.88. The van der Waals surface area contributed by atoms with Crippen molar-refractivity contribution in [2.24, 2.45) is 10.8 Å². The average molecular weight is 254 g/mol. The Morgan fingerprint density at radius 3 is 2.72 bits per heavy atom. The highest BCUT2D eigenvalue weighted by Crippen LogP contribution is 2.64. The largest absolute Gasteiger partial charge is 0.390 e. The minimum atomic E-state index is -0.842. The Bertz CT molecular complexity index is 391. The smallest absolute Gasteiger partial charge is 0.168 e. The van der Waals surface area contributed by atoms with Gasteiger partial charge in [0.25, 0.3) is 0 Å². The van der Waals surface area contributed by atoms with Crippen LogP contribution in [-0.2, 0) is 14.6 Å². The molecule has 2 bridgehead atoms. The van der Waals surface area contributed by atoms with Gasteiger partial charge in [0.2, 0.25) is 0 Å². The number of Topliss-reactive ketones (excluding diaryl/α,β-unsaturated/α-hetero) is 1. The monoisotopic (exact) mass is 254 g/mol. The third-order valence-corrected chi connectivity index (χ3v) is 5.90. The van der Waals surface area contributed by atoms with Crippen molar-refractivity contribution >= 4 is 5.78 Å². The quantitative estimate of drug-likeness (QED) is 0.672. The lowest BCUT2D eigenvalue weighted by Gasteiger charge is -2.64. The van der Waals surface area contributed by atoms with Crippen molar-refractivity contribution in [1.29, 1.82) is 0 Å². The SMILES string of the molecule is CC1(C)CCC(=O)[C@@]2(C)OO[C@H]3C[C@]12CC[C@@H]3O. The predicted octanol–water partition coefficient (Wildman–Crippen LogP) is 2.00. The topological polar surface area (TPSA) is 55.8 Å². The maximum Gasteiger partial charge on any atom is 0.168 e. The zero-order valence-corrected chi connectivity index (χ0v) is 11.4. The van der Waals surface area contributed by atoms with Gasteiger partial charge < -0.3 is 5.11 Å². The van der Waals surface area contributed by atoms with Crippen LogP contribution in [0.2, 0.25) is 0 Å². The molecular weight excluding hydrogens is 232 g/mol. The van der Waals surface area contributed by atoms with Gasteiger partial charge in [-0.2, -0.15) is 0 Å². The van der Waals surface area contributed by atoms with Crippen LogP contribution in [0.4, 0.5) is 0 Å². The molecule has 0 unspecified atom stereocenters. The molecule has 0 aromatic rings. The van der Waals surface area contributed by atoms with Crippen LogP contribution in [0.3, 0.4) is 0 Å². The molecule has 1 saturated heterocycles. The van der Waals surface area contributed by atoms with Crippen molar-refractivity contribution in [3.8, 4) is 0 Å². The van der Waals surface area contributed by atoms with Crippen LogP contribution in [0, 0.1) is 10.8 Å². The summed E-state index contributed by atoms with van der Waals surface area (Å²) in [6.45, 7) is 6.33. The van der Waals surface area contributed by atoms with E-state index in [4.69, 9.17) is 9.78 Å². The van der Waals surface area contributed by atoms with Gasteiger partial charge in [0.05, 0.1) is 6.10 Å². The molecule has 3 fully saturated rings. The van der Waals surface area contributed by atoms with Gasteiger partial charge in [-0.3, -0.25) is 4.79 Å². The predicted molar refractivity (Wildman–Crippen MR) is 64.7 cm³/mol. The summed E-state index contributed by atoms with van der Waals surface area (Å²) in [5.41, 5.74) is -0.999. The normalized spacial score (nSPS) is 50.8. The number of hydrogen-bond acceptors (Lipinski definition) is 4. The van der Waals surface area contributed by atoms with Gasteiger partial charge in [0, 0.05) is 11.8 Å². The van der Waals surface area contributed by atoms with E-state index in [9.17, 15) is 9.90 Å². The lowest BCUT2D eigenvalue weighted by atomic mass is 9.45. The molecule has 3 rings (SSSR count). The van der Waals surface area contributed by atoms with Gasteiger partial charge in [-0.25, -0.2) is 9.78 Å². The van der Waals surface area contributed by atoms with E-state index >= 15 is 0 Å². The van der Waals surface area contributed by atoms with E-state index in [2.05, 4.69) is 13.8 Å². The first kappa shape index (κ1) is 12.6. The van der Waals surface area contributed by atoms with Crippen molar-refractivity contribution in [2.75, 3.05) is 0 Å². The van der Waals surface area contributed by atoms with Crippen LogP contribution < -0.4 is 0 Å². The highest BCUT2D eigenvalue weighted by atomic mass is 17.2. The summed E-state index contributed by atoms with van der Waals surface area (Å²) in [5, 5.41) is 9.94. The Balaban J connectivity index is 2.09. The second-order valence-electron chi connectivity index (χ2n) is 6.95. The van der Waals surface area contributed by atoms with E-state index in [-0.39, 0.29) is 22.7 Å². The number of carbonyl (C=O) groups excluding carboxylic acids is 1. The molecule has 1 heterocycles. The van der Waals surface area contributed by atoms with Crippen molar-refractivity contribution in [3.63, 3.8) is 0 Å². The van der Waals surface area contributed by atoms with Crippen LogP contribution in [0.1, 0.15) is 52.9 Å². The van der Waals surface area contributed by atoms with Gasteiger partial charge in [-0.1, -0.05) is 13.8 Å². The van der Waals surface area contributed by atoms with Gasteiger partial charge >= 0.3 is 0 Å². The molecule has 102 valence electrons. The summed E-state index contributed by atoms with van der Waals surface area (Å²) in [7, 11) is 0. The number of carbonyl (C=O) groups is 1. The first-order chi connectivity index (χ1) is 8.32. The van der Waals surface area contributed by atoms with E-state index < -0.39 is 11.7 Å². The lowest BCUT2D eigenvalue weighted by Crippen LogP contribution is -2.69. The standard InChI is InChI=1S/C14H22O4/c1-12(2)6-5-11(16)13(3)14(12)7-4-9(15)10(8-14)17-18-13/h9-10,15H,4-8H2,1-3H3/t9-,10-,13+,14+/m0/s1. The Labute approximate surface area is 108 Å². The summed E-state index contributed by atoms with van der Waals surface area (Å²) in [4.78, 5) is 23.2. The lowest BCUT2D eigenvalue weighted by molar-refractivity contribution is -0.456. The Kier molecular flexibility index (Phi) is 2.48. The van der Waals surface area contributed by atoms with Crippen LogP contribution >= 0.6 is 0 Å². The molecule has 1 N–H and O–H groups in total. The fourth-order valence-corrected chi connectivity index (χ4v) is 4.41. The van der Waals surface area contributed by atoms with Crippen molar-refractivity contribution < 1.29 is 19.7 Å². The van der Waals surface area contributed by atoms with Gasteiger partial charge in [-0.05, 0) is 38.0 Å². The fraction of sp³-hybridized carbons (Fsp3) is 0.929. The van der Waals surface area contributed by atoms with Gasteiger partial charge in [-0.15, -0.1) is 0 Å². The van der Waals surface area contributed by atoms with E-state index in [1.165, 1.54) is 0 Å². The van der Waals surface area contributed by atoms with Crippen LogP contribution in [0.15, 0.2) is 0 Å². The van der Waals surface area contributed by atoms with Crippen molar-refractivity contribution in [1.82, 2.24) is 0 Å². The van der Waals surface area contributed by atoms with Crippen LogP contribution in [0.25, 0.3) is 0 Å². The van der Waals surface area contributed by atoms with E-state index in [1.807, 2.05) is 6.92 Å². The van der Waals surface area contributed by atoms with E-state index in [0.717, 1.165) is 19.3 Å². The zero-order valence-electron chi connectivity index (χ0n) is 11.4. The molecule has 4 atom stereocenters. The Morgan fingerprint density at radius 1 is 1.28 bits per heavy atom.